The first kappa shape index (κ1) is 21.5. The van der Waals surface area contributed by atoms with E-state index in [1.165, 1.54) is 4.90 Å². The second-order valence-electron chi connectivity index (χ2n) is 7.32. The molecule has 30 heavy (non-hydrogen) atoms. The maximum absolute atomic E-state index is 12.9. The third-order valence-corrected chi connectivity index (χ3v) is 5.14. The molecular formula is C23H28N2O5. The highest BCUT2D eigenvalue weighted by molar-refractivity contribution is 6.06. The van der Waals surface area contributed by atoms with Gasteiger partial charge in [0, 0.05) is 0 Å². The topological polar surface area (TPSA) is 77.1 Å². The van der Waals surface area contributed by atoms with E-state index in [4.69, 9.17) is 14.2 Å². The highest BCUT2D eigenvalue weighted by Gasteiger charge is 2.47. The SMILES string of the molecule is CCOc1ccc(OCCN2C(=O)NC(C)(CCc3ccc(OC)cc3)C2=O)cc1. The number of urea groups is 1. The maximum Gasteiger partial charge on any atom is 0.325 e. The van der Waals surface area contributed by atoms with Gasteiger partial charge in [-0.2, -0.15) is 0 Å². The summed E-state index contributed by atoms with van der Waals surface area (Å²) in [5.41, 5.74) is 0.159. The summed E-state index contributed by atoms with van der Waals surface area (Å²) in [6.07, 6.45) is 1.18. The van der Waals surface area contributed by atoms with Crippen LogP contribution < -0.4 is 19.5 Å². The summed E-state index contributed by atoms with van der Waals surface area (Å²) < 4.78 is 16.2. The van der Waals surface area contributed by atoms with Gasteiger partial charge in [0.25, 0.3) is 5.91 Å². The molecular weight excluding hydrogens is 384 g/mol. The number of nitrogens with zero attached hydrogens (tertiary/aromatic N) is 1. The third-order valence-electron chi connectivity index (χ3n) is 5.14. The van der Waals surface area contributed by atoms with Gasteiger partial charge in [0.1, 0.15) is 29.4 Å². The molecule has 1 N–H and O–H groups in total. The van der Waals surface area contributed by atoms with Crippen LogP contribution in [0.4, 0.5) is 4.79 Å². The van der Waals surface area contributed by atoms with E-state index in [1.54, 1.807) is 26.2 Å². The first-order chi connectivity index (χ1) is 14.4. The Balaban J connectivity index is 1.51. The van der Waals surface area contributed by atoms with Crippen LogP contribution in [0.1, 0.15) is 25.8 Å². The summed E-state index contributed by atoms with van der Waals surface area (Å²) in [6, 6.07) is 14.6. The Morgan fingerprint density at radius 2 is 1.53 bits per heavy atom. The van der Waals surface area contributed by atoms with Crippen molar-refractivity contribution in [2.45, 2.75) is 32.2 Å². The number of methoxy groups -OCH3 is 1. The molecule has 0 radical (unpaired) electrons. The van der Waals surface area contributed by atoms with Gasteiger partial charge >= 0.3 is 6.03 Å². The molecule has 2 aromatic rings. The highest BCUT2D eigenvalue weighted by Crippen LogP contribution is 2.24. The molecule has 2 aromatic carbocycles. The van der Waals surface area contributed by atoms with Crippen LogP contribution in [0.15, 0.2) is 48.5 Å². The number of benzene rings is 2. The van der Waals surface area contributed by atoms with Crippen molar-refractivity contribution in [3.8, 4) is 17.2 Å². The molecule has 1 saturated heterocycles. The summed E-state index contributed by atoms with van der Waals surface area (Å²) >= 11 is 0. The number of carbonyl (C=O) groups excluding carboxylic acids is 2. The Morgan fingerprint density at radius 3 is 2.13 bits per heavy atom. The van der Waals surface area contributed by atoms with Gasteiger partial charge in [-0.25, -0.2) is 4.79 Å². The number of nitrogens with one attached hydrogen (secondary N) is 1. The minimum atomic E-state index is -0.920. The van der Waals surface area contributed by atoms with E-state index in [2.05, 4.69) is 5.32 Å². The summed E-state index contributed by atoms with van der Waals surface area (Å²) in [5, 5.41) is 2.83. The molecule has 1 unspecified atom stereocenters. The van der Waals surface area contributed by atoms with Gasteiger partial charge in [-0.3, -0.25) is 9.69 Å². The Kier molecular flexibility index (Phi) is 6.82. The van der Waals surface area contributed by atoms with Gasteiger partial charge in [-0.15, -0.1) is 0 Å². The van der Waals surface area contributed by atoms with E-state index >= 15 is 0 Å². The van der Waals surface area contributed by atoms with Crippen molar-refractivity contribution in [1.29, 1.82) is 0 Å². The van der Waals surface area contributed by atoms with Crippen LogP contribution in [0.5, 0.6) is 17.2 Å². The molecule has 0 aliphatic carbocycles. The standard InChI is InChI=1S/C23H28N2O5/c1-4-29-19-9-11-20(12-10-19)30-16-15-25-21(26)23(2,24-22(25)27)14-13-17-5-7-18(28-3)8-6-17/h5-12H,4,13-16H2,1-3H3,(H,24,27). The maximum atomic E-state index is 12.9. The fourth-order valence-electron chi connectivity index (χ4n) is 3.36. The number of aryl methyl sites for hydroxylation is 1. The fourth-order valence-corrected chi connectivity index (χ4v) is 3.36. The van der Waals surface area contributed by atoms with Crippen LogP contribution in [0, 0.1) is 0 Å². The smallest absolute Gasteiger partial charge is 0.325 e. The molecule has 0 aromatic heterocycles. The van der Waals surface area contributed by atoms with Crippen molar-refractivity contribution < 1.29 is 23.8 Å². The normalized spacial score (nSPS) is 18.3. The van der Waals surface area contributed by atoms with E-state index in [1.807, 2.05) is 43.3 Å². The average Bonchev–Trinajstić information content (AvgIpc) is 2.97. The number of rotatable bonds is 10. The minimum Gasteiger partial charge on any atom is -0.497 e. The lowest BCUT2D eigenvalue weighted by atomic mass is 9.93. The molecule has 7 heteroatoms. The predicted molar refractivity (Wildman–Crippen MR) is 113 cm³/mol. The number of hydrogen-bond acceptors (Lipinski definition) is 5. The van der Waals surface area contributed by atoms with Gasteiger partial charge < -0.3 is 19.5 Å². The Hall–Kier alpha value is -3.22. The third kappa shape index (κ3) is 5.03. The summed E-state index contributed by atoms with van der Waals surface area (Å²) in [5.74, 6) is 1.99. The second-order valence-corrected chi connectivity index (χ2v) is 7.32. The van der Waals surface area contributed by atoms with E-state index < -0.39 is 5.54 Å². The van der Waals surface area contributed by atoms with Gasteiger partial charge in [0.15, 0.2) is 0 Å². The lowest BCUT2D eigenvalue weighted by Crippen LogP contribution is -2.44. The Labute approximate surface area is 176 Å². The van der Waals surface area contributed by atoms with E-state index in [-0.39, 0.29) is 25.1 Å². The molecule has 1 aliphatic rings. The predicted octanol–water partition coefficient (Wildman–Crippen LogP) is 3.42. The van der Waals surface area contributed by atoms with Crippen molar-refractivity contribution in [3.63, 3.8) is 0 Å². The van der Waals surface area contributed by atoms with Crippen LogP contribution >= 0.6 is 0 Å². The van der Waals surface area contributed by atoms with Crippen molar-refractivity contribution >= 4 is 11.9 Å². The zero-order chi connectivity index (χ0) is 21.6. The minimum absolute atomic E-state index is 0.190. The lowest BCUT2D eigenvalue weighted by molar-refractivity contribution is -0.131. The quantitative estimate of drug-likeness (QED) is 0.605. The number of amides is 3. The van der Waals surface area contributed by atoms with E-state index in [0.717, 1.165) is 17.1 Å². The monoisotopic (exact) mass is 412 g/mol. The molecule has 1 atom stereocenters. The summed E-state index contributed by atoms with van der Waals surface area (Å²) in [7, 11) is 1.62. The molecule has 0 spiro atoms. The number of ether oxygens (including phenoxy) is 3. The highest BCUT2D eigenvalue weighted by atomic mass is 16.5. The largest absolute Gasteiger partial charge is 0.497 e. The summed E-state index contributed by atoms with van der Waals surface area (Å²) in [4.78, 5) is 26.5. The van der Waals surface area contributed by atoms with Crippen molar-refractivity contribution in [2.24, 2.45) is 0 Å². The lowest BCUT2D eigenvalue weighted by Gasteiger charge is -2.21. The number of imide groups is 1. The molecule has 160 valence electrons. The molecule has 1 aliphatic heterocycles. The van der Waals surface area contributed by atoms with Crippen LogP contribution in [0.3, 0.4) is 0 Å². The first-order valence-corrected chi connectivity index (χ1v) is 10.1. The van der Waals surface area contributed by atoms with Crippen molar-refractivity contribution in [1.82, 2.24) is 10.2 Å². The zero-order valence-electron chi connectivity index (χ0n) is 17.6. The fraction of sp³-hybridized carbons (Fsp3) is 0.391. The van der Waals surface area contributed by atoms with Gasteiger partial charge in [-0.1, -0.05) is 12.1 Å². The van der Waals surface area contributed by atoms with Crippen LogP contribution in [-0.4, -0.2) is 49.2 Å². The number of hydrogen-bond donors (Lipinski definition) is 1. The molecule has 7 nitrogen and oxygen atoms in total. The second kappa shape index (κ2) is 9.52. The van der Waals surface area contributed by atoms with Crippen LogP contribution in [-0.2, 0) is 11.2 Å². The first-order valence-electron chi connectivity index (χ1n) is 10.1. The summed E-state index contributed by atoms with van der Waals surface area (Å²) in [6.45, 7) is 4.71. The molecule has 3 rings (SSSR count). The van der Waals surface area contributed by atoms with Crippen LogP contribution in [0.25, 0.3) is 0 Å². The van der Waals surface area contributed by atoms with Gasteiger partial charge in [0.2, 0.25) is 0 Å². The van der Waals surface area contributed by atoms with Crippen molar-refractivity contribution in [2.75, 3.05) is 26.9 Å². The Morgan fingerprint density at radius 1 is 0.933 bits per heavy atom. The molecule has 1 heterocycles. The van der Waals surface area contributed by atoms with Gasteiger partial charge in [-0.05, 0) is 68.7 Å². The molecule has 0 bridgehead atoms. The average molecular weight is 412 g/mol. The molecule has 1 fully saturated rings. The zero-order valence-corrected chi connectivity index (χ0v) is 17.6. The van der Waals surface area contributed by atoms with E-state index in [0.29, 0.717) is 25.2 Å². The van der Waals surface area contributed by atoms with Crippen LogP contribution in [0.2, 0.25) is 0 Å². The van der Waals surface area contributed by atoms with Gasteiger partial charge in [0.05, 0.1) is 20.3 Å². The van der Waals surface area contributed by atoms with Crippen molar-refractivity contribution in [3.05, 3.63) is 54.1 Å². The molecule has 3 amide bonds. The molecule has 0 saturated carbocycles. The number of carbonyl (C=O) groups is 2. The Bertz CT molecular complexity index is 866. The van der Waals surface area contributed by atoms with E-state index in [9.17, 15) is 9.59 Å².